The molecule has 1 rings (SSSR count). The molecular weight excluding hydrogens is 270 g/mol. The number of hydrogen-bond acceptors (Lipinski definition) is 3. The molecule has 0 saturated carbocycles. The maximum Gasteiger partial charge on any atom is 0.317 e. The van der Waals surface area contributed by atoms with E-state index in [2.05, 4.69) is 26.1 Å². The van der Waals surface area contributed by atoms with Gasteiger partial charge < -0.3 is 15.3 Å². The van der Waals surface area contributed by atoms with Gasteiger partial charge in [0.1, 0.15) is 0 Å². The molecule has 0 aliphatic carbocycles. The quantitative estimate of drug-likeness (QED) is 0.827. The van der Waals surface area contributed by atoms with Crippen molar-refractivity contribution in [3.8, 4) is 0 Å². The highest BCUT2D eigenvalue weighted by Gasteiger charge is 2.30. The van der Waals surface area contributed by atoms with Crippen LogP contribution in [0.25, 0.3) is 0 Å². The van der Waals surface area contributed by atoms with Crippen LogP contribution in [0.2, 0.25) is 0 Å². The van der Waals surface area contributed by atoms with Crippen LogP contribution < -0.4 is 5.32 Å². The molecule has 0 atom stereocenters. The lowest BCUT2D eigenvalue weighted by Gasteiger charge is -2.38. The van der Waals surface area contributed by atoms with Crippen molar-refractivity contribution in [2.24, 2.45) is 5.41 Å². The van der Waals surface area contributed by atoms with E-state index in [4.69, 9.17) is 5.11 Å². The normalized spacial score (nSPS) is 17.7. The molecule has 2 amide bonds. The highest BCUT2D eigenvalue weighted by molar-refractivity contribution is 5.75. The molecule has 21 heavy (non-hydrogen) atoms. The average molecular weight is 299 g/mol. The lowest BCUT2D eigenvalue weighted by atomic mass is 9.82. The number of nitrogens with one attached hydrogen (secondary N) is 1. The van der Waals surface area contributed by atoms with Crippen molar-refractivity contribution in [2.45, 2.75) is 46.6 Å². The van der Waals surface area contributed by atoms with Crippen molar-refractivity contribution in [2.75, 3.05) is 32.7 Å². The third kappa shape index (κ3) is 6.80. The lowest BCUT2D eigenvalue weighted by molar-refractivity contribution is -0.138. The van der Waals surface area contributed by atoms with E-state index in [0.29, 0.717) is 26.2 Å². The number of carbonyl (C=O) groups is 2. The Labute approximate surface area is 127 Å². The summed E-state index contributed by atoms with van der Waals surface area (Å²) < 4.78 is 0. The largest absolute Gasteiger partial charge is 0.480 e. The molecule has 0 bridgehead atoms. The summed E-state index contributed by atoms with van der Waals surface area (Å²) in [7, 11) is 0. The Balaban J connectivity index is 2.45. The topological polar surface area (TPSA) is 72.9 Å². The lowest BCUT2D eigenvalue weighted by Crippen LogP contribution is -2.56. The van der Waals surface area contributed by atoms with Crippen molar-refractivity contribution in [3.63, 3.8) is 0 Å². The number of amides is 2. The summed E-state index contributed by atoms with van der Waals surface area (Å²) >= 11 is 0. The first-order chi connectivity index (χ1) is 9.48. The van der Waals surface area contributed by atoms with Crippen LogP contribution in [-0.4, -0.2) is 65.2 Å². The molecule has 1 fully saturated rings. The summed E-state index contributed by atoms with van der Waals surface area (Å²) in [5, 5.41) is 11.9. The number of rotatable bonds is 4. The van der Waals surface area contributed by atoms with Crippen molar-refractivity contribution < 1.29 is 14.7 Å². The van der Waals surface area contributed by atoms with Gasteiger partial charge in [-0.2, -0.15) is 0 Å². The summed E-state index contributed by atoms with van der Waals surface area (Å²) in [4.78, 5) is 26.6. The zero-order valence-corrected chi connectivity index (χ0v) is 13.9. The number of carboxylic acids is 1. The van der Waals surface area contributed by atoms with Crippen molar-refractivity contribution in [1.29, 1.82) is 0 Å². The van der Waals surface area contributed by atoms with Crippen LogP contribution >= 0.6 is 0 Å². The van der Waals surface area contributed by atoms with E-state index < -0.39 is 5.97 Å². The number of hydrogen-bond donors (Lipinski definition) is 2. The van der Waals surface area contributed by atoms with Gasteiger partial charge in [-0.25, -0.2) is 4.79 Å². The average Bonchev–Trinajstić information content (AvgIpc) is 2.24. The highest BCUT2D eigenvalue weighted by Crippen LogP contribution is 2.26. The van der Waals surface area contributed by atoms with Crippen LogP contribution in [0.5, 0.6) is 0 Å². The molecule has 0 unspecified atom stereocenters. The van der Waals surface area contributed by atoms with Crippen LogP contribution in [-0.2, 0) is 4.79 Å². The Morgan fingerprint density at radius 2 is 1.57 bits per heavy atom. The zero-order valence-electron chi connectivity index (χ0n) is 13.9. The second kappa shape index (κ2) is 6.64. The van der Waals surface area contributed by atoms with Crippen LogP contribution in [0, 0.1) is 5.41 Å². The standard InChI is InChI=1S/C15H29N3O3/c1-14(2,3)11-15(4,5)16-13(21)18-8-6-17(7-9-18)10-12(19)20/h6-11H2,1-5H3,(H,16,21)(H,19,20). The van der Waals surface area contributed by atoms with E-state index in [1.165, 1.54) is 0 Å². The van der Waals surface area contributed by atoms with Crippen molar-refractivity contribution in [1.82, 2.24) is 15.1 Å². The number of carbonyl (C=O) groups excluding carboxylic acids is 1. The Hall–Kier alpha value is -1.30. The van der Waals surface area contributed by atoms with Gasteiger partial charge in [0.25, 0.3) is 0 Å². The van der Waals surface area contributed by atoms with Gasteiger partial charge in [0.05, 0.1) is 6.54 Å². The number of aliphatic carboxylic acids is 1. The van der Waals surface area contributed by atoms with E-state index in [9.17, 15) is 9.59 Å². The molecule has 6 heteroatoms. The molecule has 1 aliphatic heterocycles. The molecule has 0 radical (unpaired) electrons. The molecular formula is C15H29N3O3. The molecule has 2 N–H and O–H groups in total. The van der Waals surface area contributed by atoms with E-state index in [0.717, 1.165) is 6.42 Å². The van der Waals surface area contributed by atoms with E-state index in [1.54, 1.807) is 4.90 Å². The first-order valence-electron chi connectivity index (χ1n) is 7.50. The monoisotopic (exact) mass is 299 g/mol. The van der Waals surface area contributed by atoms with E-state index in [1.807, 2.05) is 18.7 Å². The molecule has 0 aromatic heterocycles. The fourth-order valence-corrected chi connectivity index (χ4v) is 3.04. The zero-order chi connectivity index (χ0) is 16.3. The molecule has 0 spiro atoms. The van der Waals surface area contributed by atoms with Gasteiger partial charge in [-0.15, -0.1) is 0 Å². The molecule has 0 aromatic carbocycles. The summed E-state index contributed by atoms with van der Waals surface area (Å²) in [5.41, 5.74) is -0.107. The molecule has 1 heterocycles. The predicted molar refractivity (Wildman–Crippen MR) is 82.3 cm³/mol. The molecule has 1 saturated heterocycles. The second-order valence-corrected chi connectivity index (χ2v) is 7.71. The Kier molecular flexibility index (Phi) is 5.61. The highest BCUT2D eigenvalue weighted by atomic mass is 16.4. The molecule has 6 nitrogen and oxygen atoms in total. The van der Waals surface area contributed by atoms with Crippen LogP contribution in [0.15, 0.2) is 0 Å². The van der Waals surface area contributed by atoms with E-state index >= 15 is 0 Å². The molecule has 122 valence electrons. The Morgan fingerprint density at radius 1 is 1.05 bits per heavy atom. The Bertz CT molecular complexity index is 380. The van der Waals surface area contributed by atoms with Gasteiger partial charge in [0.15, 0.2) is 0 Å². The van der Waals surface area contributed by atoms with Gasteiger partial charge in [-0.05, 0) is 25.7 Å². The molecule has 0 aromatic rings. The first-order valence-corrected chi connectivity index (χ1v) is 7.50. The third-order valence-electron chi connectivity index (χ3n) is 3.44. The van der Waals surface area contributed by atoms with Gasteiger partial charge >= 0.3 is 12.0 Å². The summed E-state index contributed by atoms with van der Waals surface area (Å²) in [6.45, 7) is 13.0. The number of urea groups is 1. The van der Waals surface area contributed by atoms with Gasteiger partial charge in [-0.1, -0.05) is 20.8 Å². The van der Waals surface area contributed by atoms with E-state index in [-0.39, 0.29) is 23.5 Å². The number of nitrogens with zero attached hydrogens (tertiary/aromatic N) is 2. The smallest absolute Gasteiger partial charge is 0.317 e. The maximum atomic E-state index is 12.3. The summed E-state index contributed by atoms with van der Waals surface area (Å²) in [6, 6.07) is -0.0563. The van der Waals surface area contributed by atoms with Gasteiger partial charge in [0.2, 0.25) is 0 Å². The second-order valence-electron chi connectivity index (χ2n) is 7.71. The minimum Gasteiger partial charge on any atom is -0.480 e. The van der Waals surface area contributed by atoms with Crippen LogP contribution in [0.1, 0.15) is 41.0 Å². The van der Waals surface area contributed by atoms with Crippen LogP contribution in [0.3, 0.4) is 0 Å². The van der Waals surface area contributed by atoms with Crippen molar-refractivity contribution >= 4 is 12.0 Å². The maximum absolute atomic E-state index is 12.3. The fourth-order valence-electron chi connectivity index (χ4n) is 3.04. The number of carboxylic acid groups (broad SMARTS) is 1. The summed E-state index contributed by atoms with van der Waals surface area (Å²) in [6.07, 6.45) is 0.894. The van der Waals surface area contributed by atoms with Crippen LogP contribution in [0.4, 0.5) is 4.79 Å². The number of piperazine rings is 1. The SMILES string of the molecule is CC(C)(C)CC(C)(C)NC(=O)N1CCN(CC(=O)O)CC1. The first kappa shape index (κ1) is 17.8. The fraction of sp³-hybridized carbons (Fsp3) is 0.867. The minimum atomic E-state index is -0.820. The van der Waals surface area contributed by atoms with Gasteiger partial charge in [0, 0.05) is 31.7 Å². The predicted octanol–water partition coefficient (Wildman–Crippen LogP) is 1.61. The summed E-state index contributed by atoms with van der Waals surface area (Å²) in [5.74, 6) is -0.820. The molecule has 1 aliphatic rings. The Morgan fingerprint density at radius 3 is 2.00 bits per heavy atom. The van der Waals surface area contributed by atoms with Gasteiger partial charge in [-0.3, -0.25) is 9.69 Å². The minimum absolute atomic E-state index is 0.0466. The van der Waals surface area contributed by atoms with Crippen molar-refractivity contribution in [3.05, 3.63) is 0 Å². The third-order valence-corrected chi connectivity index (χ3v) is 3.44.